The summed E-state index contributed by atoms with van der Waals surface area (Å²) in [6, 6.07) is 11.6. The Kier molecular flexibility index (Phi) is 3.72. The van der Waals surface area contributed by atoms with Gasteiger partial charge in [-0.1, -0.05) is 29.8 Å². The van der Waals surface area contributed by atoms with Crippen LogP contribution in [0.2, 0.25) is 5.02 Å². The van der Waals surface area contributed by atoms with Gasteiger partial charge in [0.15, 0.2) is 5.82 Å². The van der Waals surface area contributed by atoms with Gasteiger partial charge < -0.3 is 10.6 Å². The van der Waals surface area contributed by atoms with Gasteiger partial charge in [-0.2, -0.15) is 0 Å². The molecule has 1 aromatic carbocycles. The summed E-state index contributed by atoms with van der Waals surface area (Å²) in [6.07, 6.45) is 1.74. The molecule has 0 aliphatic carbocycles. The van der Waals surface area contributed by atoms with E-state index < -0.39 is 0 Å². The third-order valence-corrected chi connectivity index (χ3v) is 3.43. The van der Waals surface area contributed by atoms with Crippen LogP contribution in [-0.2, 0) is 0 Å². The molecular weight excluding hydrogens is 246 g/mol. The van der Waals surface area contributed by atoms with E-state index in [4.69, 9.17) is 17.3 Å². The number of nitrogens with zero attached hydrogens (tertiary/aromatic N) is 2. The number of benzene rings is 1. The van der Waals surface area contributed by atoms with Gasteiger partial charge in [0.25, 0.3) is 0 Å². The van der Waals surface area contributed by atoms with Gasteiger partial charge in [-0.25, -0.2) is 4.98 Å². The fraction of sp³-hybridized carbons (Fsp3) is 0.214. The number of halogens is 1. The van der Waals surface area contributed by atoms with E-state index in [-0.39, 0.29) is 6.04 Å². The highest BCUT2D eigenvalue weighted by Crippen LogP contribution is 2.30. The SMILES string of the molecule is CC(c1ccccc1Cl)N(C)c1ncccc1N. The molecule has 1 aromatic heterocycles. The quantitative estimate of drug-likeness (QED) is 0.919. The number of rotatable bonds is 3. The highest BCUT2D eigenvalue weighted by atomic mass is 35.5. The molecule has 0 amide bonds. The molecule has 4 heteroatoms. The second kappa shape index (κ2) is 5.27. The summed E-state index contributed by atoms with van der Waals surface area (Å²) in [5.41, 5.74) is 7.67. The van der Waals surface area contributed by atoms with Gasteiger partial charge in [0.05, 0.1) is 11.7 Å². The molecule has 0 saturated carbocycles. The number of anilines is 2. The van der Waals surface area contributed by atoms with Crippen LogP contribution in [0, 0.1) is 0 Å². The van der Waals surface area contributed by atoms with E-state index in [1.165, 1.54) is 0 Å². The van der Waals surface area contributed by atoms with Crippen molar-refractivity contribution in [3.63, 3.8) is 0 Å². The summed E-state index contributed by atoms with van der Waals surface area (Å²) in [6.45, 7) is 2.08. The molecule has 0 bridgehead atoms. The molecule has 2 aromatic rings. The van der Waals surface area contributed by atoms with Crippen molar-refractivity contribution in [1.82, 2.24) is 4.98 Å². The number of hydrogen-bond donors (Lipinski definition) is 1. The molecule has 0 spiro atoms. The minimum Gasteiger partial charge on any atom is -0.396 e. The lowest BCUT2D eigenvalue weighted by molar-refractivity contribution is 0.730. The predicted molar refractivity (Wildman–Crippen MR) is 76.9 cm³/mol. The summed E-state index contributed by atoms with van der Waals surface area (Å²) in [5.74, 6) is 0.768. The van der Waals surface area contributed by atoms with E-state index in [0.717, 1.165) is 16.4 Å². The molecule has 94 valence electrons. The van der Waals surface area contributed by atoms with Gasteiger partial charge in [0.2, 0.25) is 0 Å². The van der Waals surface area contributed by atoms with Crippen molar-refractivity contribution in [3.05, 3.63) is 53.2 Å². The highest BCUT2D eigenvalue weighted by Gasteiger charge is 2.17. The molecule has 0 fully saturated rings. The monoisotopic (exact) mass is 261 g/mol. The maximum atomic E-state index is 6.21. The smallest absolute Gasteiger partial charge is 0.151 e. The molecule has 1 heterocycles. The second-order valence-electron chi connectivity index (χ2n) is 4.22. The average Bonchev–Trinajstić information content (AvgIpc) is 2.38. The lowest BCUT2D eigenvalue weighted by Crippen LogP contribution is -2.23. The molecule has 0 aliphatic rings. The maximum absolute atomic E-state index is 6.21. The Morgan fingerprint density at radius 3 is 2.61 bits per heavy atom. The summed E-state index contributed by atoms with van der Waals surface area (Å²) < 4.78 is 0. The van der Waals surface area contributed by atoms with E-state index in [9.17, 15) is 0 Å². The molecule has 1 atom stereocenters. The van der Waals surface area contributed by atoms with Gasteiger partial charge in [0.1, 0.15) is 0 Å². The number of aromatic nitrogens is 1. The van der Waals surface area contributed by atoms with Gasteiger partial charge >= 0.3 is 0 Å². The third kappa shape index (κ3) is 2.41. The number of nitrogens with two attached hydrogens (primary N) is 1. The third-order valence-electron chi connectivity index (χ3n) is 3.09. The number of nitrogen functional groups attached to an aromatic ring is 1. The molecular formula is C14H16ClN3. The van der Waals surface area contributed by atoms with E-state index in [1.807, 2.05) is 48.3 Å². The van der Waals surface area contributed by atoms with Crippen molar-refractivity contribution in [2.45, 2.75) is 13.0 Å². The van der Waals surface area contributed by atoms with E-state index in [0.29, 0.717) is 5.69 Å². The Morgan fingerprint density at radius 2 is 1.94 bits per heavy atom. The van der Waals surface area contributed by atoms with Crippen LogP contribution in [0.25, 0.3) is 0 Å². The first-order valence-corrected chi connectivity index (χ1v) is 6.17. The Balaban J connectivity index is 2.33. The summed E-state index contributed by atoms with van der Waals surface area (Å²) in [7, 11) is 1.96. The van der Waals surface area contributed by atoms with Crippen LogP contribution in [0.4, 0.5) is 11.5 Å². The number of pyridine rings is 1. The number of hydrogen-bond acceptors (Lipinski definition) is 3. The second-order valence-corrected chi connectivity index (χ2v) is 4.63. The molecule has 0 saturated heterocycles. The van der Waals surface area contributed by atoms with Crippen LogP contribution >= 0.6 is 11.6 Å². The Morgan fingerprint density at radius 1 is 1.22 bits per heavy atom. The van der Waals surface area contributed by atoms with E-state index in [2.05, 4.69) is 11.9 Å². The standard InChI is InChI=1S/C14H16ClN3/c1-10(11-6-3-4-7-12(11)15)18(2)14-13(16)8-5-9-17-14/h3-10H,16H2,1-2H3. The zero-order chi connectivity index (χ0) is 13.1. The van der Waals surface area contributed by atoms with Crippen LogP contribution in [0.5, 0.6) is 0 Å². The summed E-state index contributed by atoms with van der Waals surface area (Å²) >= 11 is 6.21. The topological polar surface area (TPSA) is 42.2 Å². The van der Waals surface area contributed by atoms with E-state index >= 15 is 0 Å². The van der Waals surface area contributed by atoms with Crippen molar-refractivity contribution in [3.8, 4) is 0 Å². The van der Waals surface area contributed by atoms with Crippen molar-refractivity contribution >= 4 is 23.1 Å². The molecule has 3 nitrogen and oxygen atoms in total. The fourth-order valence-corrected chi connectivity index (χ4v) is 2.20. The molecule has 0 aliphatic heterocycles. The summed E-state index contributed by atoms with van der Waals surface area (Å²) in [4.78, 5) is 6.34. The molecule has 2 rings (SSSR count). The van der Waals surface area contributed by atoms with Gasteiger partial charge in [-0.3, -0.25) is 0 Å². The van der Waals surface area contributed by atoms with Crippen LogP contribution in [-0.4, -0.2) is 12.0 Å². The highest BCUT2D eigenvalue weighted by molar-refractivity contribution is 6.31. The Labute approximate surface area is 112 Å². The van der Waals surface area contributed by atoms with Gasteiger partial charge in [-0.05, 0) is 30.7 Å². The molecule has 2 N–H and O–H groups in total. The first-order valence-electron chi connectivity index (χ1n) is 5.79. The molecule has 0 radical (unpaired) electrons. The zero-order valence-corrected chi connectivity index (χ0v) is 11.2. The minimum absolute atomic E-state index is 0.107. The fourth-order valence-electron chi connectivity index (χ4n) is 1.91. The van der Waals surface area contributed by atoms with Crippen LogP contribution < -0.4 is 10.6 Å². The minimum atomic E-state index is 0.107. The van der Waals surface area contributed by atoms with E-state index in [1.54, 1.807) is 6.20 Å². The molecule has 1 unspecified atom stereocenters. The predicted octanol–water partition coefficient (Wildman–Crippen LogP) is 3.51. The Bertz CT molecular complexity index is 493. The maximum Gasteiger partial charge on any atom is 0.151 e. The molecule has 18 heavy (non-hydrogen) atoms. The van der Waals surface area contributed by atoms with Crippen molar-refractivity contribution in [2.24, 2.45) is 0 Å². The van der Waals surface area contributed by atoms with Crippen molar-refractivity contribution in [1.29, 1.82) is 0 Å². The van der Waals surface area contributed by atoms with Crippen LogP contribution in [0.3, 0.4) is 0 Å². The first-order chi connectivity index (χ1) is 8.61. The lowest BCUT2D eigenvalue weighted by Gasteiger charge is -2.27. The zero-order valence-electron chi connectivity index (χ0n) is 10.5. The summed E-state index contributed by atoms with van der Waals surface area (Å²) in [5, 5.41) is 0.756. The van der Waals surface area contributed by atoms with Gasteiger partial charge in [0, 0.05) is 18.3 Å². The van der Waals surface area contributed by atoms with Crippen LogP contribution in [0.15, 0.2) is 42.6 Å². The Hall–Kier alpha value is -1.74. The van der Waals surface area contributed by atoms with Crippen molar-refractivity contribution in [2.75, 3.05) is 17.7 Å². The lowest BCUT2D eigenvalue weighted by atomic mass is 10.1. The van der Waals surface area contributed by atoms with Crippen molar-refractivity contribution < 1.29 is 0 Å². The normalized spacial score (nSPS) is 12.2. The first kappa shape index (κ1) is 12.7. The largest absolute Gasteiger partial charge is 0.396 e. The van der Waals surface area contributed by atoms with Gasteiger partial charge in [-0.15, -0.1) is 0 Å². The van der Waals surface area contributed by atoms with Crippen LogP contribution in [0.1, 0.15) is 18.5 Å². The average molecular weight is 262 g/mol.